The van der Waals surface area contributed by atoms with Gasteiger partial charge in [0.15, 0.2) is 5.69 Å². The minimum atomic E-state index is -0.0964. The van der Waals surface area contributed by atoms with Gasteiger partial charge in [0.25, 0.3) is 5.91 Å². The van der Waals surface area contributed by atoms with Crippen molar-refractivity contribution in [3.63, 3.8) is 0 Å². The van der Waals surface area contributed by atoms with Crippen LogP contribution in [0.25, 0.3) is 0 Å². The lowest BCUT2D eigenvalue weighted by atomic mass is 10.1. The number of hydrogen-bond acceptors (Lipinski definition) is 6. The van der Waals surface area contributed by atoms with Crippen molar-refractivity contribution in [1.29, 1.82) is 0 Å². The van der Waals surface area contributed by atoms with E-state index in [9.17, 15) is 4.79 Å². The molecule has 1 N–H and O–H groups in total. The van der Waals surface area contributed by atoms with Gasteiger partial charge in [0.05, 0.1) is 18.3 Å². The zero-order valence-electron chi connectivity index (χ0n) is 15.3. The molecule has 0 radical (unpaired) electrons. The van der Waals surface area contributed by atoms with Crippen LogP contribution in [0.5, 0.6) is 0 Å². The Hall–Kier alpha value is -1.22. The van der Waals surface area contributed by atoms with Crippen molar-refractivity contribution in [3.8, 4) is 0 Å². The maximum Gasteiger partial charge on any atom is 0.276 e. The third-order valence-corrected chi connectivity index (χ3v) is 5.58. The van der Waals surface area contributed by atoms with Crippen molar-refractivity contribution in [2.24, 2.45) is 0 Å². The molecule has 1 fully saturated rings. The van der Waals surface area contributed by atoms with Crippen molar-refractivity contribution in [1.82, 2.24) is 30.2 Å². The topological polar surface area (TPSA) is 75.9 Å². The van der Waals surface area contributed by atoms with Crippen LogP contribution in [-0.2, 0) is 13.0 Å². The molecule has 0 bridgehead atoms. The van der Waals surface area contributed by atoms with Crippen molar-refractivity contribution >= 4 is 42.1 Å². The second-order valence-electron chi connectivity index (χ2n) is 6.18. The summed E-state index contributed by atoms with van der Waals surface area (Å²) < 4.78 is 1.92. The molecule has 146 valence electrons. The Bertz CT molecular complexity index is 713. The number of rotatable bonds is 5. The van der Waals surface area contributed by atoms with Gasteiger partial charge in [-0.1, -0.05) is 12.1 Å². The predicted molar refractivity (Wildman–Crippen MR) is 108 cm³/mol. The Morgan fingerprint density at radius 3 is 2.69 bits per heavy atom. The Morgan fingerprint density at radius 2 is 2.08 bits per heavy atom. The third-order valence-electron chi connectivity index (χ3n) is 4.45. The van der Waals surface area contributed by atoms with E-state index in [2.05, 4.69) is 27.5 Å². The lowest BCUT2D eigenvalue weighted by molar-refractivity contribution is 0.0778. The summed E-state index contributed by atoms with van der Waals surface area (Å²) in [5.74, 6) is -0.0964. The van der Waals surface area contributed by atoms with Crippen LogP contribution in [0.2, 0.25) is 0 Å². The first-order chi connectivity index (χ1) is 11.6. The first-order valence-corrected chi connectivity index (χ1v) is 9.23. The quantitative estimate of drug-likeness (QED) is 0.804. The fraction of sp³-hybridized carbons (Fsp3) is 0.625. The number of carbonyl (C=O) groups excluding carboxylic acids is 1. The summed E-state index contributed by atoms with van der Waals surface area (Å²) in [7, 11) is 1.79. The Morgan fingerprint density at radius 1 is 1.38 bits per heavy atom. The zero-order chi connectivity index (χ0) is 17.1. The minimum absolute atomic E-state index is 0. The van der Waals surface area contributed by atoms with Crippen molar-refractivity contribution < 1.29 is 4.79 Å². The van der Waals surface area contributed by atoms with Gasteiger partial charge in [0, 0.05) is 18.1 Å². The van der Waals surface area contributed by atoms with Crippen LogP contribution in [-0.4, -0.2) is 50.9 Å². The fourth-order valence-corrected chi connectivity index (χ4v) is 3.89. The average molecular weight is 421 g/mol. The molecule has 3 heterocycles. The molecule has 0 saturated carbocycles. The molecule has 0 unspecified atom stereocenters. The number of aryl methyl sites for hydroxylation is 1. The molecule has 1 aliphatic rings. The van der Waals surface area contributed by atoms with Gasteiger partial charge < -0.3 is 10.2 Å². The summed E-state index contributed by atoms with van der Waals surface area (Å²) in [6.07, 6.45) is 4.90. The molecule has 2 aromatic heterocycles. The molecule has 7 nitrogen and oxygen atoms in total. The van der Waals surface area contributed by atoms with E-state index < -0.39 is 0 Å². The monoisotopic (exact) mass is 420 g/mol. The summed E-state index contributed by atoms with van der Waals surface area (Å²) in [6.45, 7) is 6.51. The first kappa shape index (κ1) is 22.8. The van der Waals surface area contributed by atoms with Crippen molar-refractivity contribution in [2.75, 3.05) is 20.1 Å². The fourth-order valence-electron chi connectivity index (χ4n) is 2.98. The van der Waals surface area contributed by atoms with Crippen LogP contribution in [0.1, 0.15) is 51.9 Å². The predicted octanol–water partition coefficient (Wildman–Crippen LogP) is 2.65. The number of thiazole rings is 1. The number of carbonyl (C=O) groups is 1. The number of halogens is 2. The molecule has 0 spiro atoms. The molecule has 3 rings (SSSR count). The molecule has 1 saturated heterocycles. The lowest BCUT2D eigenvalue weighted by Gasteiger charge is -2.23. The highest BCUT2D eigenvalue weighted by Gasteiger charge is 2.25. The van der Waals surface area contributed by atoms with E-state index in [0.29, 0.717) is 18.3 Å². The van der Waals surface area contributed by atoms with Crippen molar-refractivity contribution in [3.05, 3.63) is 27.5 Å². The third kappa shape index (κ3) is 4.94. The number of nitrogens with zero attached hydrogens (tertiary/aromatic N) is 5. The zero-order valence-corrected chi connectivity index (χ0v) is 17.7. The van der Waals surface area contributed by atoms with E-state index >= 15 is 0 Å². The maximum atomic E-state index is 12.7. The number of aromatic nitrogens is 4. The highest BCUT2D eigenvalue weighted by Crippen LogP contribution is 2.21. The number of piperidine rings is 1. The van der Waals surface area contributed by atoms with Crippen LogP contribution < -0.4 is 5.32 Å². The van der Waals surface area contributed by atoms with E-state index in [4.69, 9.17) is 0 Å². The van der Waals surface area contributed by atoms with Gasteiger partial charge in [0.1, 0.15) is 5.01 Å². The Labute approximate surface area is 170 Å². The number of nitrogens with one attached hydrogen (secondary N) is 1. The molecule has 26 heavy (non-hydrogen) atoms. The molecule has 10 heteroatoms. The first-order valence-electron chi connectivity index (χ1n) is 8.41. The van der Waals surface area contributed by atoms with E-state index in [1.54, 1.807) is 23.3 Å². The van der Waals surface area contributed by atoms with Gasteiger partial charge in [0.2, 0.25) is 0 Å². The SMILES string of the molecule is CCc1cnc(CN(C)C(=O)c2nnn(C3CCNCC3)c2C)s1.Cl.Cl. The second-order valence-corrected chi connectivity index (χ2v) is 7.38. The highest BCUT2D eigenvalue weighted by molar-refractivity contribution is 7.11. The summed E-state index contributed by atoms with van der Waals surface area (Å²) >= 11 is 1.65. The normalized spacial score (nSPS) is 14.4. The summed E-state index contributed by atoms with van der Waals surface area (Å²) in [5, 5.41) is 12.7. The molecule has 0 atom stereocenters. The molecule has 1 amide bonds. The number of hydrogen-bond donors (Lipinski definition) is 1. The van der Waals surface area contributed by atoms with E-state index in [-0.39, 0.29) is 30.7 Å². The summed E-state index contributed by atoms with van der Waals surface area (Å²) in [5.41, 5.74) is 1.30. The summed E-state index contributed by atoms with van der Waals surface area (Å²) in [6, 6.07) is 0.330. The van der Waals surface area contributed by atoms with Gasteiger partial charge in [-0.3, -0.25) is 4.79 Å². The molecular formula is C16H26Cl2N6OS. The number of amides is 1. The van der Waals surface area contributed by atoms with Gasteiger partial charge in [-0.25, -0.2) is 9.67 Å². The van der Waals surface area contributed by atoms with Crippen LogP contribution >= 0.6 is 36.2 Å². The van der Waals surface area contributed by atoms with Crippen LogP contribution in [0.15, 0.2) is 6.20 Å². The maximum absolute atomic E-state index is 12.7. The van der Waals surface area contributed by atoms with Gasteiger partial charge in [-0.2, -0.15) is 0 Å². The average Bonchev–Trinajstić information content (AvgIpc) is 3.21. The van der Waals surface area contributed by atoms with E-state index in [1.165, 1.54) is 4.88 Å². The minimum Gasteiger partial charge on any atom is -0.333 e. The van der Waals surface area contributed by atoms with Crippen LogP contribution in [0, 0.1) is 6.92 Å². The lowest BCUT2D eigenvalue weighted by Crippen LogP contribution is -2.30. The van der Waals surface area contributed by atoms with Gasteiger partial charge in [-0.15, -0.1) is 41.2 Å². The van der Waals surface area contributed by atoms with Crippen LogP contribution in [0.3, 0.4) is 0 Å². The van der Waals surface area contributed by atoms with Gasteiger partial charge >= 0.3 is 0 Å². The summed E-state index contributed by atoms with van der Waals surface area (Å²) in [4.78, 5) is 20.0. The van der Waals surface area contributed by atoms with Crippen LogP contribution in [0.4, 0.5) is 0 Å². The Balaban J connectivity index is 0.00000169. The smallest absolute Gasteiger partial charge is 0.276 e. The standard InChI is InChI=1S/C16H24N6OS.2ClH/c1-4-13-9-18-14(24-13)10-21(3)16(23)15-11(2)22(20-19-15)12-5-7-17-8-6-12;;/h9,12,17H,4-8,10H2,1-3H3;2*1H. The molecule has 0 aliphatic carbocycles. The second kappa shape index (κ2) is 10.2. The highest BCUT2D eigenvalue weighted by atomic mass is 35.5. The Kier molecular flexibility index (Phi) is 8.95. The van der Waals surface area contributed by atoms with E-state index in [1.807, 2.05) is 17.8 Å². The molecule has 1 aliphatic heterocycles. The molecular weight excluding hydrogens is 395 g/mol. The largest absolute Gasteiger partial charge is 0.333 e. The van der Waals surface area contributed by atoms with Crippen molar-refractivity contribution in [2.45, 2.75) is 45.7 Å². The molecule has 2 aromatic rings. The molecule has 0 aromatic carbocycles. The van der Waals surface area contributed by atoms with Gasteiger partial charge in [-0.05, 0) is 39.3 Å². The van der Waals surface area contributed by atoms with E-state index in [0.717, 1.165) is 43.1 Å².